The van der Waals surface area contributed by atoms with Crippen molar-refractivity contribution in [3.63, 3.8) is 0 Å². The molecule has 0 aliphatic carbocycles. The van der Waals surface area contributed by atoms with Crippen LogP contribution in [0.3, 0.4) is 0 Å². The third-order valence-corrected chi connectivity index (χ3v) is 6.15. The Hall–Kier alpha value is -2.31. The van der Waals surface area contributed by atoms with Crippen LogP contribution in [0.1, 0.15) is 63.9 Å². The number of rotatable bonds is 7. The summed E-state index contributed by atoms with van der Waals surface area (Å²) in [4.78, 5) is 28.5. The van der Waals surface area contributed by atoms with E-state index in [1.807, 2.05) is 31.2 Å². The van der Waals surface area contributed by atoms with Gasteiger partial charge in [-0.05, 0) is 49.4 Å². The van der Waals surface area contributed by atoms with Gasteiger partial charge >= 0.3 is 5.97 Å². The minimum Gasteiger partial charge on any atom is -0.465 e. The monoisotopic (exact) mass is 432 g/mol. The highest BCUT2D eigenvalue weighted by molar-refractivity contribution is 6.30. The first kappa shape index (κ1) is 22.4. The lowest BCUT2D eigenvalue weighted by molar-refractivity contribution is 0.0486. The molecule has 30 heavy (non-hydrogen) atoms. The summed E-state index contributed by atoms with van der Waals surface area (Å²) in [6.45, 7) is 5.58. The largest absolute Gasteiger partial charge is 0.465 e. The van der Waals surface area contributed by atoms with Gasteiger partial charge in [0.1, 0.15) is 5.69 Å². The summed E-state index contributed by atoms with van der Waals surface area (Å²) < 4.78 is 10.5. The summed E-state index contributed by atoms with van der Waals surface area (Å²) in [5.74, 6) is -0.634. The fraction of sp³-hybridized carbons (Fsp3) is 0.478. The number of aromatic nitrogens is 1. The number of aromatic amines is 1. The average Bonchev–Trinajstić information content (AvgIpc) is 3.09. The van der Waals surface area contributed by atoms with Crippen LogP contribution in [-0.4, -0.2) is 43.7 Å². The number of carbonyl (C=O) groups excluding carboxylic acids is 2. The van der Waals surface area contributed by atoms with Crippen LogP contribution in [0.4, 0.5) is 0 Å². The number of aryl methyl sites for hydroxylation is 1. The number of amides is 1. The maximum atomic E-state index is 13.1. The van der Waals surface area contributed by atoms with Gasteiger partial charge in [-0.1, -0.05) is 37.1 Å². The zero-order valence-corrected chi connectivity index (χ0v) is 18.5. The second-order valence-corrected chi connectivity index (χ2v) is 8.24. The molecule has 3 rings (SSSR count). The second kappa shape index (κ2) is 9.67. The fourth-order valence-corrected chi connectivity index (χ4v) is 4.35. The van der Waals surface area contributed by atoms with E-state index in [1.54, 1.807) is 6.92 Å². The van der Waals surface area contributed by atoms with E-state index in [0.717, 1.165) is 24.8 Å². The smallest absolute Gasteiger partial charge is 0.339 e. The maximum Gasteiger partial charge on any atom is 0.339 e. The van der Waals surface area contributed by atoms with Crippen molar-refractivity contribution in [3.05, 3.63) is 57.4 Å². The topological polar surface area (TPSA) is 80.4 Å². The van der Waals surface area contributed by atoms with Crippen molar-refractivity contribution in [2.45, 2.75) is 44.9 Å². The zero-order valence-electron chi connectivity index (χ0n) is 17.8. The predicted octanol–water partition coefficient (Wildman–Crippen LogP) is 4.19. The van der Waals surface area contributed by atoms with Gasteiger partial charge < -0.3 is 19.8 Å². The SMILES string of the molecule is CCCc1c(C(=O)NCC2(c3ccc(Cl)cc3)CCOCC2)[nH]c(C)c1C(=O)OC. The lowest BCUT2D eigenvalue weighted by Crippen LogP contribution is -2.44. The molecule has 0 unspecified atom stereocenters. The summed E-state index contributed by atoms with van der Waals surface area (Å²) in [6.07, 6.45) is 3.06. The molecule has 162 valence electrons. The van der Waals surface area contributed by atoms with Crippen LogP contribution in [0, 0.1) is 6.92 Å². The Morgan fingerprint density at radius 3 is 2.50 bits per heavy atom. The van der Waals surface area contributed by atoms with Crippen LogP contribution in [0.25, 0.3) is 0 Å². The van der Waals surface area contributed by atoms with Gasteiger partial charge in [0, 0.05) is 35.9 Å². The van der Waals surface area contributed by atoms with Crippen molar-refractivity contribution < 1.29 is 19.1 Å². The van der Waals surface area contributed by atoms with Crippen molar-refractivity contribution in [2.24, 2.45) is 0 Å². The van der Waals surface area contributed by atoms with Crippen molar-refractivity contribution in [3.8, 4) is 0 Å². The fourth-order valence-electron chi connectivity index (χ4n) is 4.22. The highest BCUT2D eigenvalue weighted by atomic mass is 35.5. The van der Waals surface area contributed by atoms with Gasteiger partial charge in [-0.25, -0.2) is 4.79 Å². The predicted molar refractivity (Wildman–Crippen MR) is 116 cm³/mol. The minimum atomic E-state index is -0.423. The van der Waals surface area contributed by atoms with Gasteiger partial charge in [0.2, 0.25) is 0 Å². The Morgan fingerprint density at radius 2 is 1.90 bits per heavy atom. The average molecular weight is 433 g/mol. The van der Waals surface area contributed by atoms with Crippen LogP contribution in [0.2, 0.25) is 5.02 Å². The lowest BCUT2D eigenvalue weighted by Gasteiger charge is -2.38. The number of carbonyl (C=O) groups is 2. The van der Waals surface area contributed by atoms with Crippen LogP contribution in [0.5, 0.6) is 0 Å². The first-order chi connectivity index (χ1) is 14.4. The normalized spacial score (nSPS) is 15.6. The van der Waals surface area contributed by atoms with E-state index in [-0.39, 0.29) is 11.3 Å². The van der Waals surface area contributed by atoms with Crippen molar-refractivity contribution >= 4 is 23.5 Å². The molecule has 0 atom stereocenters. The number of nitrogens with one attached hydrogen (secondary N) is 2. The van der Waals surface area contributed by atoms with Crippen LogP contribution < -0.4 is 5.32 Å². The quantitative estimate of drug-likeness (QED) is 0.643. The maximum absolute atomic E-state index is 13.1. The van der Waals surface area contributed by atoms with Crippen LogP contribution in [0.15, 0.2) is 24.3 Å². The van der Waals surface area contributed by atoms with E-state index in [4.69, 9.17) is 21.1 Å². The molecule has 0 radical (unpaired) electrons. The molecular weight excluding hydrogens is 404 g/mol. The van der Waals surface area contributed by atoms with Crippen LogP contribution >= 0.6 is 11.6 Å². The number of H-pyrrole nitrogens is 1. The molecule has 0 saturated carbocycles. The number of hydrogen-bond donors (Lipinski definition) is 2. The molecular formula is C23H29ClN2O4. The van der Waals surface area contributed by atoms with E-state index in [2.05, 4.69) is 10.3 Å². The van der Waals surface area contributed by atoms with E-state index in [9.17, 15) is 9.59 Å². The molecule has 1 saturated heterocycles. The number of halogens is 1. The Morgan fingerprint density at radius 1 is 1.23 bits per heavy atom. The lowest BCUT2D eigenvalue weighted by atomic mass is 9.74. The molecule has 1 amide bonds. The highest BCUT2D eigenvalue weighted by Crippen LogP contribution is 2.35. The van der Waals surface area contributed by atoms with Gasteiger partial charge in [-0.2, -0.15) is 0 Å². The number of esters is 1. The van der Waals surface area contributed by atoms with Crippen LogP contribution in [-0.2, 0) is 21.3 Å². The molecule has 1 aliphatic rings. The van der Waals surface area contributed by atoms with Crippen molar-refractivity contribution in [2.75, 3.05) is 26.9 Å². The molecule has 1 fully saturated rings. The Kier molecular flexibility index (Phi) is 7.21. The minimum absolute atomic E-state index is 0.212. The third kappa shape index (κ3) is 4.55. The molecule has 2 heterocycles. The summed E-state index contributed by atoms with van der Waals surface area (Å²) in [7, 11) is 1.35. The Bertz CT molecular complexity index is 899. The van der Waals surface area contributed by atoms with Crippen molar-refractivity contribution in [1.29, 1.82) is 0 Å². The molecule has 0 spiro atoms. The molecule has 7 heteroatoms. The molecule has 2 aromatic rings. The summed E-state index contributed by atoms with van der Waals surface area (Å²) in [5.41, 5.74) is 3.19. The third-order valence-electron chi connectivity index (χ3n) is 5.90. The van der Waals surface area contributed by atoms with E-state index in [1.165, 1.54) is 7.11 Å². The number of benzene rings is 1. The summed E-state index contributed by atoms with van der Waals surface area (Å²) >= 11 is 6.07. The second-order valence-electron chi connectivity index (χ2n) is 7.80. The molecule has 1 aromatic heterocycles. The summed E-state index contributed by atoms with van der Waals surface area (Å²) in [5, 5.41) is 3.79. The standard InChI is InChI=1S/C23H29ClN2O4/c1-4-5-18-19(22(28)29-3)15(2)26-20(18)21(27)25-14-23(10-12-30-13-11-23)16-6-8-17(24)9-7-16/h6-9,26H,4-5,10-14H2,1-3H3,(H,25,27). The molecule has 2 N–H and O–H groups in total. The van der Waals surface area contributed by atoms with E-state index < -0.39 is 5.97 Å². The Balaban J connectivity index is 1.86. The first-order valence-electron chi connectivity index (χ1n) is 10.3. The van der Waals surface area contributed by atoms with Gasteiger partial charge in [-0.15, -0.1) is 0 Å². The Labute approximate surface area is 182 Å². The number of methoxy groups -OCH3 is 1. The number of ether oxygens (including phenoxy) is 2. The van der Waals surface area contributed by atoms with E-state index in [0.29, 0.717) is 53.7 Å². The molecule has 6 nitrogen and oxygen atoms in total. The van der Waals surface area contributed by atoms with Gasteiger partial charge in [0.15, 0.2) is 0 Å². The number of hydrogen-bond acceptors (Lipinski definition) is 4. The first-order valence-corrected chi connectivity index (χ1v) is 10.7. The van der Waals surface area contributed by atoms with E-state index >= 15 is 0 Å². The summed E-state index contributed by atoms with van der Waals surface area (Å²) in [6, 6.07) is 7.81. The van der Waals surface area contributed by atoms with Gasteiger partial charge in [0.05, 0.1) is 12.7 Å². The van der Waals surface area contributed by atoms with Crippen molar-refractivity contribution in [1.82, 2.24) is 10.3 Å². The zero-order chi connectivity index (χ0) is 21.7. The molecule has 0 bridgehead atoms. The highest BCUT2D eigenvalue weighted by Gasteiger charge is 2.35. The van der Waals surface area contributed by atoms with Gasteiger partial charge in [-0.3, -0.25) is 4.79 Å². The molecule has 1 aromatic carbocycles. The van der Waals surface area contributed by atoms with Gasteiger partial charge in [0.25, 0.3) is 5.91 Å². The molecule has 1 aliphatic heterocycles.